The van der Waals surface area contributed by atoms with Crippen molar-refractivity contribution in [3.63, 3.8) is 0 Å². The normalized spacial score (nSPS) is 30.1. The zero-order valence-electron chi connectivity index (χ0n) is 46.9. The Bertz CT molecular complexity index is 2640. The number of hydrogen-bond acceptors (Lipinski definition) is 18. The van der Waals surface area contributed by atoms with Crippen molar-refractivity contribution in [2.45, 2.75) is 141 Å². The van der Waals surface area contributed by atoms with Crippen LogP contribution in [0, 0.1) is 16.2 Å². The standard InChI is InChI=1S/C59H76B2O18/c1-53(2,3)29-55(7,8)39-15-23-43(24-16-39)68-33-57(34-69-44-25-17-40(18-26-44)56(9,10)30-54(4,5)6,35-70-51(66)37-11-19-41(20-12-37)60-72-27-45-47(64)49(76-60)58(31-62,74-45)78-60)36-71-52(67)38-13-21-42(22-14-38)61-73-28-46-48(65)50(77-61)59(32-63,75-46)79-61/h11-26,45-50,62-65H,27-36H2,1-10H3/q-2/t45-,46-,47-,48-,49+,50+,58+,59+,60?,61?/m1/s1. The maximum atomic E-state index is 14.2. The number of rotatable bonds is 20. The Kier molecular flexibility index (Phi) is 15.1. The summed E-state index contributed by atoms with van der Waals surface area (Å²) in [6, 6.07) is 28.3. The van der Waals surface area contributed by atoms with E-state index in [1.54, 1.807) is 24.3 Å². The molecule has 0 aromatic heterocycles. The number of carbonyl (C=O) groups excluding carboxylic acids is 2. The average molecular weight is 1090 g/mol. The minimum absolute atomic E-state index is 0.0431. The van der Waals surface area contributed by atoms with Crippen LogP contribution in [-0.2, 0) is 57.7 Å². The molecule has 4 aromatic rings. The highest BCUT2D eigenvalue weighted by molar-refractivity contribution is 6.76. The van der Waals surface area contributed by atoms with Gasteiger partial charge in [0.15, 0.2) is 11.6 Å². The number of ether oxygens (including phenoxy) is 6. The zero-order chi connectivity index (χ0) is 56.6. The van der Waals surface area contributed by atoms with E-state index in [4.69, 9.17) is 56.3 Å². The summed E-state index contributed by atoms with van der Waals surface area (Å²) in [6.45, 7) is 14.7. The molecule has 0 saturated carbocycles. The van der Waals surface area contributed by atoms with E-state index in [-0.39, 0.29) is 72.4 Å². The van der Waals surface area contributed by atoms with Crippen molar-refractivity contribution < 1.29 is 86.4 Å². The molecule has 0 spiro atoms. The SMILES string of the molecule is CC(C)(C)CC(C)(C)c1ccc(OCC(COC(=O)c2ccc([B-]34OC[C@H]5O[C@@](CO)(O3)[C@@H](O4)[C@@H]5O)cc2)(COC(=O)c2ccc([B-]34OC[C@H]5O[C@@](CO)(O3)[C@@H](O4)[C@@H]5O)cc2)COc2ccc(C(C)(C)CC(C)(C)C)cc2)cc1. The van der Waals surface area contributed by atoms with Crippen molar-refractivity contribution in [3.05, 3.63) is 119 Å². The lowest BCUT2D eigenvalue weighted by atomic mass is 9.69. The molecule has 20 heteroatoms. The second kappa shape index (κ2) is 20.8. The van der Waals surface area contributed by atoms with Crippen molar-refractivity contribution in [1.82, 2.24) is 0 Å². The fourth-order valence-electron chi connectivity index (χ4n) is 12.8. The van der Waals surface area contributed by atoms with Crippen molar-refractivity contribution in [1.29, 1.82) is 0 Å². The predicted octanol–water partition coefficient (Wildman–Crippen LogP) is 5.35. The Balaban J connectivity index is 0.924. The Hall–Kier alpha value is -4.93. The monoisotopic (exact) mass is 1090 g/mol. The highest BCUT2D eigenvalue weighted by atomic mass is 16.9. The Labute approximate surface area is 462 Å². The molecule has 2 unspecified atom stereocenters. The van der Waals surface area contributed by atoms with Gasteiger partial charge >= 0.3 is 25.4 Å². The molecule has 8 heterocycles. The molecule has 8 saturated heterocycles. The zero-order valence-corrected chi connectivity index (χ0v) is 46.9. The van der Waals surface area contributed by atoms with Crippen LogP contribution < -0.4 is 20.4 Å². The Morgan fingerprint density at radius 1 is 0.532 bits per heavy atom. The van der Waals surface area contributed by atoms with Gasteiger partial charge in [0.05, 0.1) is 36.5 Å². The van der Waals surface area contributed by atoms with Gasteiger partial charge in [0.1, 0.15) is 67.8 Å². The maximum Gasteiger partial charge on any atom is 0.412 e. The number of fused-ring (bicyclic) bond motifs is 2. The van der Waals surface area contributed by atoms with Crippen LogP contribution >= 0.6 is 0 Å². The molecule has 4 aromatic carbocycles. The van der Waals surface area contributed by atoms with Crippen molar-refractivity contribution in [2.24, 2.45) is 16.2 Å². The van der Waals surface area contributed by atoms with Crippen molar-refractivity contribution in [3.8, 4) is 11.5 Å². The molecule has 0 aliphatic carbocycles. The fourth-order valence-corrected chi connectivity index (χ4v) is 12.8. The molecule has 428 valence electrons. The minimum Gasteiger partial charge on any atom is -0.539 e. The smallest absolute Gasteiger partial charge is 0.412 e. The molecule has 18 nitrogen and oxygen atoms in total. The van der Waals surface area contributed by atoms with E-state index in [1.165, 1.54) is 24.3 Å². The quantitative estimate of drug-likeness (QED) is 0.0646. The third-order valence-corrected chi connectivity index (χ3v) is 16.1. The second-order valence-corrected chi connectivity index (χ2v) is 26.3. The van der Waals surface area contributed by atoms with Crippen LogP contribution in [0.25, 0.3) is 0 Å². The van der Waals surface area contributed by atoms with Gasteiger partial charge in [0, 0.05) is 13.2 Å². The number of hydrogen-bond donors (Lipinski definition) is 4. The molecule has 12 rings (SSSR count). The highest BCUT2D eigenvalue weighted by Crippen LogP contribution is 2.49. The molecule has 79 heavy (non-hydrogen) atoms. The van der Waals surface area contributed by atoms with E-state index < -0.39 is 92.3 Å². The van der Waals surface area contributed by atoms with E-state index in [0.29, 0.717) is 22.4 Å². The molecule has 8 bridgehead atoms. The van der Waals surface area contributed by atoms with Gasteiger partial charge < -0.3 is 76.8 Å². The summed E-state index contributed by atoms with van der Waals surface area (Å²) in [5.74, 6) is -3.56. The Morgan fingerprint density at radius 3 is 1.20 bits per heavy atom. The Morgan fingerprint density at radius 2 is 0.886 bits per heavy atom. The lowest BCUT2D eigenvalue weighted by Gasteiger charge is -2.36. The first-order valence-electron chi connectivity index (χ1n) is 27.4. The average Bonchev–Trinajstić information content (AvgIpc) is 4.08. The van der Waals surface area contributed by atoms with E-state index in [0.717, 1.165) is 24.0 Å². The van der Waals surface area contributed by atoms with Gasteiger partial charge in [0.25, 0.3) is 0 Å². The highest BCUT2D eigenvalue weighted by Gasteiger charge is 2.67. The minimum atomic E-state index is -2.67. The molecule has 4 N–H and O–H groups in total. The largest absolute Gasteiger partial charge is 0.539 e. The van der Waals surface area contributed by atoms with Crippen LogP contribution in [0.1, 0.15) is 114 Å². The summed E-state index contributed by atoms with van der Waals surface area (Å²) in [5, 5.41) is 42.2. The topological polar surface area (TPSA) is 226 Å². The van der Waals surface area contributed by atoms with Gasteiger partial charge in [-0.3, -0.25) is 0 Å². The number of benzene rings is 4. The third-order valence-electron chi connectivity index (χ3n) is 16.1. The van der Waals surface area contributed by atoms with Crippen LogP contribution in [-0.4, -0.2) is 147 Å². The van der Waals surface area contributed by atoms with Crippen molar-refractivity contribution >= 4 is 36.4 Å². The molecule has 0 amide bonds. The summed E-state index contributed by atoms with van der Waals surface area (Å²) >= 11 is 0. The lowest BCUT2D eigenvalue weighted by Crippen LogP contribution is -2.54. The number of carbonyl (C=O) groups is 2. The van der Waals surface area contributed by atoms with E-state index >= 15 is 0 Å². The van der Waals surface area contributed by atoms with E-state index in [9.17, 15) is 30.0 Å². The summed E-state index contributed by atoms with van der Waals surface area (Å²) in [7, 11) is 0. The van der Waals surface area contributed by atoms with Gasteiger partial charge in [-0.15, -0.1) is 10.9 Å². The predicted molar refractivity (Wildman–Crippen MR) is 290 cm³/mol. The second-order valence-electron chi connectivity index (χ2n) is 26.3. The molecule has 8 aliphatic heterocycles. The summed E-state index contributed by atoms with van der Waals surface area (Å²) in [6.07, 6.45) is -3.77. The fraction of sp³-hybridized carbons (Fsp3) is 0.559. The molecule has 8 aliphatic rings. The molecule has 8 fully saturated rings. The number of aliphatic hydroxyl groups excluding tert-OH is 4. The number of esters is 2. The van der Waals surface area contributed by atoms with Crippen molar-refractivity contribution in [2.75, 3.05) is 52.9 Å². The number of aliphatic hydroxyl groups is 4. The summed E-state index contributed by atoms with van der Waals surface area (Å²) < 4.78 is 74.1. The molecule has 0 radical (unpaired) electrons. The van der Waals surface area contributed by atoms with Gasteiger partial charge in [-0.25, -0.2) is 9.59 Å². The van der Waals surface area contributed by atoms with Gasteiger partial charge in [-0.2, -0.15) is 0 Å². The van der Waals surface area contributed by atoms with Crippen LogP contribution in [0.15, 0.2) is 97.1 Å². The summed E-state index contributed by atoms with van der Waals surface area (Å²) in [5.41, 5.74) is 2.01. The maximum absolute atomic E-state index is 14.2. The molecular formula is C59H76B2O18-2. The van der Waals surface area contributed by atoms with Gasteiger partial charge in [-0.05, 0) is 69.9 Å². The van der Waals surface area contributed by atoms with Crippen LogP contribution in [0.3, 0.4) is 0 Å². The third kappa shape index (κ3) is 11.3. The molecule has 10 atom stereocenters. The van der Waals surface area contributed by atoms with E-state index in [2.05, 4.69) is 69.2 Å². The lowest BCUT2D eigenvalue weighted by molar-refractivity contribution is -0.193. The van der Waals surface area contributed by atoms with Crippen LogP contribution in [0.4, 0.5) is 0 Å². The first-order chi connectivity index (χ1) is 37.1. The van der Waals surface area contributed by atoms with Gasteiger partial charge in [-0.1, -0.05) is 142 Å². The first-order valence-corrected chi connectivity index (χ1v) is 27.4. The van der Waals surface area contributed by atoms with Gasteiger partial charge in [0.2, 0.25) is 0 Å². The van der Waals surface area contributed by atoms with Crippen LogP contribution in [0.2, 0.25) is 0 Å². The molecular weight excluding hydrogens is 1020 g/mol. The van der Waals surface area contributed by atoms with Crippen LogP contribution in [0.5, 0.6) is 11.5 Å². The first kappa shape index (κ1) is 57.3. The summed E-state index contributed by atoms with van der Waals surface area (Å²) in [4.78, 5) is 28.5. The van der Waals surface area contributed by atoms with E-state index in [1.807, 2.05) is 48.5 Å².